The largest absolute Gasteiger partial charge is 0.386 e. The number of piperidine rings is 1. The first-order valence-corrected chi connectivity index (χ1v) is 12.1. The van der Waals surface area contributed by atoms with Crippen LogP contribution < -0.4 is 4.72 Å². The summed E-state index contributed by atoms with van der Waals surface area (Å²) in [5, 5.41) is 11.1. The van der Waals surface area contributed by atoms with Gasteiger partial charge in [0.1, 0.15) is 4.90 Å². The maximum absolute atomic E-state index is 12.9. The minimum absolute atomic E-state index is 0.0486. The summed E-state index contributed by atoms with van der Waals surface area (Å²) in [6.45, 7) is 0.427. The number of pyridine rings is 1. The normalized spacial score (nSPS) is 16.3. The molecule has 1 fully saturated rings. The average Bonchev–Trinajstić information content (AvgIpc) is 2.83. The molecule has 0 atom stereocenters. The van der Waals surface area contributed by atoms with E-state index in [1.807, 2.05) is 0 Å². The molecule has 0 unspecified atom stereocenters. The summed E-state index contributed by atoms with van der Waals surface area (Å²) in [5.41, 5.74) is -0.359. The van der Waals surface area contributed by atoms with Gasteiger partial charge < -0.3 is 10.0 Å². The molecule has 1 aliphatic heterocycles. The molecular weight excluding hydrogens is 464 g/mol. The molecule has 34 heavy (non-hydrogen) atoms. The van der Waals surface area contributed by atoms with Crippen LogP contribution in [0.1, 0.15) is 23.2 Å². The molecule has 2 heterocycles. The summed E-state index contributed by atoms with van der Waals surface area (Å²) in [4.78, 5) is 18.6. The minimum Gasteiger partial charge on any atom is -0.386 e. The quantitative estimate of drug-likeness (QED) is 0.515. The Balaban J connectivity index is 1.44. The molecule has 3 aromatic rings. The number of amides is 1. The Morgan fingerprint density at radius 1 is 1.09 bits per heavy atom. The minimum atomic E-state index is -3.91. The number of fused-ring (bicyclic) bond motifs is 1. The third-order valence-electron chi connectivity index (χ3n) is 5.74. The number of carbonyl (C=O) groups excluding carboxylic acids is 1. The molecule has 0 radical (unpaired) electrons. The molecule has 1 saturated heterocycles. The van der Waals surface area contributed by atoms with Crippen molar-refractivity contribution >= 4 is 32.5 Å². The zero-order valence-electron chi connectivity index (χ0n) is 18.1. The number of benzene rings is 2. The molecule has 10 heteroatoms. The number of hydrogen-bond donors (Lipinski definition) is 2. The SMILES string of the molecule is O=C(c1ccc(NS(=O)(=O)c2cccc3cccnc23)cc1)N1CCC(O)(C=CC(F)F)CC1. The summed E-state index contributed by atoms with van der Waals surface area (Å²) >= 11 is 0. The highest BCUT2D eigenvalue weighted by Crippen LogP contribution is 2.26. The van der Waals surface area contributed by atoms with Gasteiger partial charge in [-0.15, -0.1) is 0 Å². The zero-order chi connectivity index (χ0) is 24.3. The number of allylic oxidation sites excluding steroid dienone is 1. The fourth-order valence-corrected chi connectivity index (χ4v) is 5.12. The van der Waals surface area contributed by atoms with Gasteiger partial charge in [-0.3, -0.25) is 14.5 Å². The second-order valence-corrected chi connectivity index (χ2v) is 9.75. The highest BCUT2D eigenvalue weighted by molar-refractivity contribution is 7.93. The molecule has 2 aromatic carbocycles. The number of nitrogens with zero attached hydrogens (tertiary/aromatic N) is 2. The molecule has 0 saturated carbocycles. The van der Waals surface area contributed by atoms with E-state index in [1.165, 1.54) is 41.4 Å². The van der Waals surface area contributed by atoms with Crippen molar-refractivity contribution < 1.29 is 27.1 Å². The Morgan fingerprint density at radius 3 is 2.44 bits per heavy atom. The standard InChI is InChI=1S/C24H23F2N3O4S/c25-21(26)10-11-24(31)12-15-29(16-13-24)23(30)18-6-8-19(9-7-18)28-34(32,33)20-5-1-3-17-4-2-14-27-22(17)20/h1-11,14,21,28,31H,12-13,15-16H2. The number of sulfonamides is 1. The van der Waals surface area contributed by atoms with E-state index in [1.54, 1.807) is 24.3 Å². The van der Waals surface area contributed by atoms with Gasteiger partial charge in [0.15, 0.2) is 0 Å². The maximum atomic E-state index is 12.9. The Morgan fingerprint density at radius 2 is 1.76 bits per heavy atom. The van der Waals surface area contributed by atoms with Crippen LogP contribution in [0.25, 0.3) is 10.9 Å². The lowest BCUT2D eigenvalue weighted by molar-refractivity contribution is 0.0177. The molecule has 178 valence electrons. The monoisotopic (exact) mass is 487 g/mol. The smallest absolute Gasteiger partial charge is 0.264 e. The number of alkyl halides is 2. The number of rotatable bonds is 6. The van der Waals surface area contributed by atoms with Crippen LogP contribution in [0.15, 0.2) is 77.8 Å². The van der Waals surface area contributed by atoms with Crippen molar-refractivity contribution in [2.45, 2.75) is 29.8 Å². The lowest BCUT2D eigenvalue weighted by atomic mass is 9.90. The molecule has 1 aromatic heterocycles. The number of carbonyl (C=O) groups is 1. The molecule has 4 rings (SSSR count). The number of likely N-dealkylation sites (tertiary alicyclic amines) is 1. The number of para-hydroxylation sites is 1. The zero-order valence-corrected chi connectivity index (χ0v) is 18.9. The van der Waals surface area contributed by atoms with Gasteiger partial charge in [-0.05, 0) is 55.3 Å². The Hall–Kier alpha value is -3.37. The van der Waals surface area contributed by atoms with Crippen LogP contribution in [-0.2, 0) is 10.0 Å². The van der Waals surface area contributed by atoms with Gasteiger partial charge in [0.05, 0.1) is 11.1 Å². The third-order valence-corrected chi connectivity index (χ3v) is 7.15. The van der Waals surface area contributed by atoms with Gasteiger partial charge in [0, 0.05) is 35.9 Å². The lowest BCUT2D eigenvalue weighted by Crippen LogP contribution is -2.45. The highest BCUT2D eigenvalue weighted by Gasteiger charge is 2.32. The highest BCUT2D eigenvalue weighted by atomic mass is 32.2. The van der Waals surface area contributed by atoms with Crippen molar-refractivity contribution in [3.05, 3.63) is 78.5 Å². The fourth-order valence-electron chi connectivity index (χ4n) is 3.88. The van der Waals surface area contributed by atoms with Gasteiger partial charge in [-0.1, -0.05) is 24.3 Å². The maximum Gasteiger partial charge on any atom is 0.264 e. The molecule has 2 N–H and O–H groups in total. The van der Waals surface area contributed by atoms with E-state index in [0.29, 0.717) is 22.5 Å². The molecule has 7 nitrogen and oxygen atoms in total. The van der Waals surface area contributed by atoms with Gasteiger partial charge >= 0.3 is 0 Å². The Kier molecular flexibility index (Phi) is 6.63. The second-order valence-electron chi connectivity index (χ2n) is 8.10. The second kappa shape index (κ2) is 9.47. The third kappa shape index (κ3) is 5.23. The summed E-state index contributed by atoms with van der Waals surface area (Å²) < 4.78 is 53.1. The van der Waals surface area contributed by atoms with E-state index in [0.717, 1.165) is 6.08 Å². The van der Waals surface area contributed by atoms with Gasteiger partial charge in [-0.2, -0.15) is 0 Å². The predicted octanol–water partition coefficient (Wildman–Crippen LogP) is 3.82. The lowest BCUT2D eigenvalue weighted by Gasteiger charge is -2.36. The van der Waals surface area contributed by atoms with E-state index in [4.69, 9.17) is 0 Å². The van der Waals surface area contributed by atoms with Crippen molar-refractivity contribution in [3.8, 4) is 0 Å². The van der Waals surface area contributed by atoms with Crippen molar-refractivity contribution in [3.63, 3.8) is 0 Å². The van der Waals surface area contributed by atoms with E-state index < -0.39 is 22.0 Å². The number of anilines is 1. The van der Waals surface area contributed by atoms with Crippen LogP contribution in [0.3, 0.4) is 0 Å². The summed E-state index contributed by atoms with van der Waals surface area (Å²) in [7, 11) is -3.91. The molecule has 0 spiro atoms. The van der Waals surface area contributed by atoms with Crippen molar-refractivity contribution in [2.24, 2.45) is 0 Å². The van der Waals surface area contributed by atoms with Crippen molar-refractivity contribution in [1.82, 2.24) is 9.88 Å². The number of nitrogens with one attached hydrogen (secondary N) is 1. The number of halogens is 2. The van der Waals surface area contributed by atoms with Gasteiger partial charge in [0.2, 0.25) is 0 Å². The van der Waals surface area contributed by atoms with Crippen LogP contribution in [-0.4, -0.2) is 54.4 Å². The number of hydrogen-bond acceptors (Lipinski definition) is 5. The summed E-state index contributed by atoms with van der Waals surface area (Å²) in [5.74, 6) is -0.285. The summed E-state index contributed by atoms with van der Waals surface area (Å²) in [6.07, 6.45) is 0.949. The van der Waals surface area contributed by atoms with Gasteiger partial charge in [0.25, 0.3) is 22.4 Å². The Bertz CT molecular complexity index is 1310. The van der Waals surface area contributed by atoms with Crippen LogP contribution in [0.2, 0.25) is 0 Å². The first-order chi connectivity index (χ1) is 16.2. The van der Waals surface area contributed by atoms with Crippen LogP contribution >= 0.6 is 0 Å². The van der Waals surface area contributed by atoms with Crippen LogP contribution in [0.5, 0.6) is 0 Å². The van der Waals surface area contributed by atoms with E-state index >= 15 is 0 Å². The number of aromatic nitrogens is 1. The fraction of sp³-hybridized carbons (Fsp3) is 0.250. The predicted molar refractivity (Wildman–Crippen MR) is 124 cm³/mol. The van der Waals surface area contributed by atoms with Crippen LogP contribution in [0.4, 0.5) is 14.5 Å². The topological polar surface area (TPSA) is 99.6 Å². The number of aliphatic hydroxyl groups is 1. The first kappa shape index (κ1) is 23.8. The molecule has 0 aliphatic carbocycles. The van der Waals surface area contributed by atoms with E-state index in [2.05, 4.69) is 9.71 Å². The van der Waals surface area contributed by atoms with E-state index in [9.17, 15) is 27.1 Å². The summed E-state index contributed by atoms with van der Waals surface area (Å²) in [6, 6.07) is 14.4. The van der Waals surface area contributed by atoms with E-state index in [-0.39, 0.29) is 42.4 Å². The first-order valence-electron chi connectivity index (χ1n) is 10.6. The molecule has 1 amide bonds. The molecular formula is C24H23F2N3O4S. The average molecular weight is 488 g/mol. The van der Waals surface area contributed by atoms with Crippen molar-refractivity contribution in [2.75, 3.05) is 17.8 Å². The Labute approximate surface area is 195 Å². The van der Waals surface area contributed by atoms with Gasteiger partial charge in [-0.25, -0.2) is 17.2 Å². The van der Waals surface area contributed by atoms with Crippen molar-refractivity contribution in [1.29, 1.82) is 0 Å². The molecule has 0 bridgehead atoms. The van der Waals surface area contributed by atoms with Crippen LogP contribution in [0, 0.1) is 0 Å². The molecule has 1 aliphatic rings.